The Bertz CT molecular complexity index is 1910. The molecule has 4 aromatic rings. The second kappa shape index (κ2) is 14.6. The van der Waals surface area contributed by atoms with E-state index in [0.717, 1.165) is 20.1 Å². The Hall–Kier alpha value is -3.67. The molecule has 0 saturated carbocycles. The van der Waals surface area contributed by atoms with Crippen molar-refractivity contribution in [2.45, 2.75) is 40.3 Å². The summed E-state index contributed by atoms with van der Waals surface area (Å²) in [5.74, 6) is 1.25. The van der Waals surface area contributed by atoms with E-state index in [4.69, 9.17) is 18.9 Å². The van der Waals surface area contributed by atoms with Crippen molar-refractivity contribution in [3.05, 3.63) is 117 Å². The number of nitrogens with zero attached hydrogens (tertiary/aromatic N) is 2. The summed E-state index contributed by atoms with van der Waals surface area (Å²) in [4.78, 5) is 32.6. The molecule has 0 fully saturated rings. The zero-order valence-electron chi connectivity index (χ0n) is 25.3. The quantitative estimate of drug-likeness (QED) is 0.159. The van der Waals surface area contributed by atoms with E-state index in [1.54, 1.807) is 24.5 Å². The molecule has 0 radical (unpaired) electrons. The molecule has 234 valence electrons. The van der Waals surface area contributed by atoms with E-state index in [9.17, 15) is 9.59 Å². The van der Waals surface area contributed by atoms with Crippen molar-refractivity contribution in [2.24, 2.45) is 4.99 Å². The topological polar surface area (TPSA) is 88.4 Å². The molecule has 0 unspecified atom stereocenters. The van der Waals surface area contributed by atoms with Crippen LogP contribution in [0.4, 0.5) is 0 Å². The zero-order valence-corrected chi connectivity index (χ0v) is 29.3. The molecule has 11 heteroatoms. The largest absolute Gasteiger partial charge is 0.490 e. The highest BCUT2D eigenvalue weighted by atomic mass is 79.9. The Balaban J connectivity index is 1.59. The van der Waals surface area contributed by atoms with Crippen molar-refractivity contribution in [1.82, 2.24) is 4.57 Å². The number of carbonyl (C=O) groups excluding carboxylic acids is 1. The minimum Gasteiger partial charge on any atom is -0.490 e. The number of benzene rings is 3. The predicted octanol–water partition coefficient (Wildman–Crippen LogP) is 6.70. The van der Waals surface area contributed by atoms with Crippen LogP contribution in [0.3, 0.4) is 0 Å². The van der Waals surface area contributed by atoms with Gasteiger partial charge in [0.15, 0.2) is 16.3 Å². The van der Waals surface area contributed by atoms with Crippen molar-refractivity contribution in [1.29, 1.82) is 0 Å². The number of ether oxygens (including phenoxy) is 4. The number of allylic oxidation sites excluding steroid dienone is 1. The highest BCUT2D eigenvalue weighted by Crippen LogP contribution is 2.37. The highest BCUT2D eigenvalue weighted by Gasteiger charge is 2.34. The summed E-state index contributed by atoms with van der Waals surface area (Å²) in [5, 5.41) is 0. The fourth-order valence-electron chi connectivity index (χ4n) is 5.03. The predicted molar refractivity (Wildman–Crippen MR) is 182 cm³/mol. The minimum absolute atomic E-state index is 0.190. The first-order valence-corrected chi connectivity index (χ1v) is 16.9. The summed E-state index contributed by atoms with van der Waals surface area (Å²) in [7, 11) is 0. The van der Waals surface area contributed by atoms with Gasteiger partial charge < -0.3 is 18.9 Å². The second-order valence-corrected chi connectivity index (χ2v) is 12.7. The van der Waals surface area contributed by atoms with Gasteiger partial charge in [-0.2, -0.15) is 0 Å². The molecule has 45 heavy (non-hydrogen) atoms. The van der Waals surface area contributed by atoms with Crippen LogP contribution < -0.4 is 29.1 Å². The summed E-state index contributed by atoms with van der Waals surface area (Å²) in [6.07, 6.45) is 1.81. The van der Waals surface area contributed by atoms with Gasteiger partial charge in [-0.1, -0.05) is 47.7 Å². The SMILES string of the molecule is CCOC(=O)C1=C(C)N=c2s/c(=C\c3cc(Br)c(OCc4ccccc4)c(Br)c3)c(=O)n2[C@@H]1c1ccc(OCC)c(OCC)c1. The first kappa shape index (κ1) is 32.7. The van der Waals surface area contributed by atoms with Crippen LogP contribution in [-0.2, 0) is 16.1 Å². The van der Waals surface area contributed by atoms with Crippen LogP contribution in [0, 0.1) is 0 Å². The van der Waals surface area contributed by atoms with Crippen LogP contribution in [0.15, 0.2) is 90.7 Å². The molecule has 3 aromatic carbocycles. The third kappa shape index (κ3) is 7.10. The van der Waals surface area contributed by atoms with Gasteiger partial charge in [-0.05, 0) is 107 Å². The molecule has 0 amide bonds. The van der Waals surface area contributed by atoms with E-state index >= 15 is 0 Å². The molecule has 0 aliphatic carbocycles. The maximum Gasteiger partial charge on any atom is 0.338 e. The number of thiazole rings is 1. The summed E-state index contributed by atoms with van der Waals surface area (Å²) < 4.78 is 26.6. The lowest BCUT2D eigenvalue weighted by Gasteiger charge is -2.25. The summed E-state index contributed by atoms with van der Waals surface area (Å²) in [6, 6.07) is 18.4. The van der Waals surface area contributed by atoms with Gasteiger partial charge in [-0.25, -0.2) is 9.79 Å². The molecule has 8 nitrogen and oxygen atoms in total. The van der Waals surface area contributed by atoms with Crippen molar-refractivity contribution in [3.63, 3.8) is 0 Å². The molecule has 5 rings (SSSR count). The third-order valence-electron chi connectivity index (χ3n) is 6.94. The molecule has 0 saturated heterocycles. The molecule has 1 aliphatic rings. The lowest BCUT2D eigenvalue weighted by atomic mass is 9.95. The van der Waals surface area contributed by atoms with Crippen LogP contribution in [-0.4, -0.2) is 30.4 Å². The average Bonchev–Trinajstić information content (AvgIpc) is 3.31. The zero-order chi connectivity index (χ0) is 32.1. The summed E-state index contributed by atoms with van der Waals surface area (Å²) in [6.45, 7) is 8.78. The van der Waals surface area contributed by atoms with Gasteiger partial charge in [-0.15, -0.1) is 0 Å². The van der Waals surface area contributed by atoms with Crippen LogP contribution >= 0.6 is 43.2 Å². The maximum atomic E-state index is 14.1. The van der Waals surface area contributed by atoms with Gasteiger partial charge >= 0.3 is 5.97 Å². The third-order valence-corrected chi connectivity index (χ3v) is 9.11. The lowest BCUT2D eigenvalue weighted by molar-refractivity contribution is -0.139. The first-order chi connectivity index (χ1) is 21.7. The number of hydrogen-bond donors (Lipinski definition) is 0. The van der Waals surface area contributed by atoms with E-state index in [1.165, 1.54) is 11.3 Å². The molecular formula is C34H32Br2N2O6S. The second-order valence-electron chi connectivity index (χ2n) is 9.96. The fourth-order valence-corrected chi connectivity index (χ4v) is 7.52. The first-order valence-electron chi connectivity index (χ1n) is 14.5. The summed E-state index contributed by atoms with van der Waals surface area (Å²) in [5.41, 5.74) is 3.02. The molecular weight excluding hydrogens is 724 g/mol. The smallest absolute Gasteiger partial charge is 0.338 e. The van der Waals surface area contributed by atoms with Gasteiger partial charge in [0.25, 0.3) is 5.56 Å². The molecule has 0 bridgehead atoms. The van der Waals surface area contributed by atoms with E-state index in [1.807, 2.05) is 74.5 Å². The number of hydrogen-bond acceptors (Lipinski definition) is 8. The van der Waals surface area contributed by atoms with Crippen molar-refractivity contribution in [3.8, 4) is 17.2 Å². The number of esters is 1. The average molecular weight is 757 g/mol. The molecule has 0 N–H and O–H groups in total. The minimum atomic E-state index is -0.774. The van der Waals surface area contributed by atoms with Crippen LogP contribution in [0.2, 0.25) is 0 Å². The molecule has 1 aliphatic heterocycles. The van der Waals surface area contributed by atoms with Gasteiger partial charge in [0.1, 0.15) is 12.4 Å². The van der Waals surface area contributed by atoms with Gasteiger partial charge in [0, 0.05) is 0 Å². The number of rotatable bonds is 11. The molecule has 0 spiro atoms. The highest BCUT2D eigenvalue weighted by molar-refractivity contribution is 9.11. The summed E-state index contributed by atoms with van der Waals surface area (Å²) >= 11 is 8.52. The van der Waals surface area contributed by atoms with Crippen molar-refractivity contribution >= 4 is 55.2 Å². The molecule has 2 heterocycles. The van der Waals surface area contributed by atoms with E-state index in [-0.39, 0.29) is 12.2 Å². The number of halogens is 2. The van der Waals surface area contributed by atoms with Gasteiger partial charge in [0.2, 0.25) is 0 Å². The molecule has 1 atom stereocenters. The van der Waals surface area contributed by atoms with Gasteiger partial charge in [-0.3, -0.25) is 9.36 Å². The van der Waals surface area contributed by atoms with Crippen LogP contribution in [0.5, 0.6) is 17.2 Å². The lowest BCUT2D eigenvalue weighted by Crippen LogP contribution is -2.40. The Kier molecular flexibility index (Phi) is 10.6. The monoisotopic (exact) mass is 754 g/mol. The van der Waals surface area contributed by atoms with E-state index in [0.29, 0.717) is 63.2 Å². The number of fused-ring (bicyclic) bond motifs is 1. The number of aromatic nitrogens is 1. The fraction of sp³-hybridized carbons (Fsp3) is 0.265. The Labute approximate surface area is 281 Å². The van der Waals surface area contributed by atoms with Crippen molar-refractivity contribution < 1.29 is 23.7 Å². The van der Waals surface area contributed by atoms with Crippen LogP contribution in [0.25, 0.3) is 6.08 Å². The normalized spacial score (nSPS) is 14.5. The van der Waals surface area contributed by atoms with Crippen LogP contribution in [0.1, 0.15) is 50.4 Å². The van der Waals surface area contributed by atoms with Crippen molar-refractivity contribution in [2.75, 3.05) is 19.8 Å². The number of carbonyl (C=O) groups is 1. The maximum absolute atomic E-state index is 14.1. The van der Waals surface area contributed by atoms with E-state index < -0.39 is 12.0 Å². The Morgan fingerprint density at radius 2 is 1.62 bits per heavy atom. The standard InChI is InChI=1S/C34H32Br2N2O6S/c1-5-41-26-14-13-23(18-27(26)42-6-2)30-29(33(40)43-7-3)20(4)37-34-38(30)32(39)28(45-34)17-22-15-24(35)31(25(36)16-22)44-19-21-11-9-8-10-12-21/h8-18,30H,5-7,19H2,1-4H3/b28-17-/t30-/m1/s1. The van der Waals surface area contributed by atoms with E-state index in [2.05, 4.69) is 36.9 Å². The Morgan fingerprint density at radius 3 is 2.29 bits per heavy atom. The Morgan fingerprint density at radius 1 is 0.933 bits per heavy atom. The molecule has 1 aromatic heterocycles. The van der Waals surface area contributed by atoms with Gasteiger partial charge in [0.05, 0.1) is 50.6 Å².